The van der Waals surface area contributed by atoms with Crippen molar-refractivity contribution in [3.05, 3.63) is 59.2 Å². The standard InChI is InChI=1S/C33H40N6O4/c1-23(2)36-30(40)38-13-9-32(20-34,10-14-38)26-6-4-5-25(18-26)17-24(3)37-31(41)39-15-11-33(21-35,12-16-39)27-7-8-28-29(19-27)43-22-42-28/h4-8,18-19,23-24H,9-17,22H2,1-3H3,(H,36,40)(H,37,41). The lowest BCUT2D eigenvalue weighted by Gasteiger charge is -2.38. The summed E-state index contributed by atoms with van der Waals surface area (Å²) < 4.78 is 10.9. The minimum Gasteiger partial charge on any atom is -0.454 e. The minimum atomic E-state index is -0.672. The number of fused-ring (bicyclic) bond motifs is 1. The first-order valence-electron chi connectivity index (χ1n) is 15.1. The Morgan fingerprint density at radius 2 is 1.37 bits per heavy atom. The number of likely N-dealkylation sites (tertiary alicyclic amines) is 2. The van der Waals surface area contributed by atoms with Crippen molar-refractivity contribution >= 4 is 12.1 Å². The zero-order valence-electron chi connectivity index (χ0n) is 25.2. The highest BCUT2D eigenvalue weighted by Gasteiger charge is 2.40. The topological polar surface area (TPSA) is 131 Å². The van der Waals surface area contributed by atoms with E-state index in [-0.39, 0.29) is 30.9 Å². The molecule has 0 aliphatic carbocycles. The van der Waals surface area contributed by atoms with E-state index in [9.17, 15) is 20.1 Å². The lowest BCUT2D eigenvalue weighted by molar-refractivity contribution is 0.167. The summed E-state index contributed by atoms with van der Waals surface area (Å²) in [5.74, 6) is 1.35. The zero-order valence-corrected chi connectivity index (χ0v) is 25.2. The molecule has 3 aliphatic heterocycles. The average molecular weight is 585 g/mol. The number of hydrogen-bond donors (Lipinski definition) is 2. The number of amides is 4. The highest BCUT2D eigenvalue weighted by molar-refractivity contribution is 5.75. The second kappa shape index (κ2) is 12.4. The van der Waals surface area contributed by atoms with Gasteiger partial charge in [0.05, 0.1) is 23.0 Å². The first-order valence-corrected chi connectivity index (χ1v) is 15.1. The molecule has 2 aromatic carbocycles. The van der Waals surface area contributed by atoms with Gasteiger partial charge >= 0.3 is 12.1 Å². The van der Waals surface area contributed by atoms with E-state index in [4.69, 9.17) is 9.47 Å². The van der Waals surface area contributed by atoms with Gasteiger partial charge in [-0.1, -0.05) is 30.3 Å². The molecular formula is C33H40N6O4. The maximum Gasteiger partial charge on any atom is 0.317 e. The Labute approximate surface area is 253 Å². The van der Waals surface area contributed by atoms with Gasteiger partial charge in [-0.05, 0) is 81.7 Å². The van der Waals surface area contributed by atoms with Gasteiger partial charge in [-0.3, -0.25) is 0 Å². The van der Waals surface area contributed by atoms with E-state index in [0.29, 0.717) is 69.8 Å². The molecule has 0 bridgehead atoms. The van der Waals surface area contributed by atoms with Crippen LogP contribution in [0.3, 0.4) is 0 Å². The summed E-state index contributed by atoms with van der Waals surface area (Å²) in [4.78, 5) is 29.2. The van der Waals surface area contributed by atoms with Crippen LogP contribution in [-0.2, 0) is 17.3 Å². The molecule has 226 valence electrons. The molecule has 10 heteroatoms. The van der Waals surface area contributed by atoms with Gasteiger partial charge < -0.3 is 29.9 Å². The number of rotatable bonds is 6. The molecule has 1 atom stereocenters. The number of piperidine rings is 2. The predicted octanol–water partition coefficient (Wildman–Crippen LogP) is 4.59. The Morgan fingerprint density at radius 1 is 0.814 bits per heavy atom. The van der Waals surface area contributed by atoms with E-state index in [1.165, 1.54) is 0 Å². The molecular weight excluding hydrogens is 544 g/mol. The van der Waals surface area contributed by atoms with Crippen molar-refractivity contribution in [2.24, 2.45) is 0 Å². The minimum absolute atomic E-state index is 0.0663. The fourth-order valence-corrected chi connectivity index (χ4v) is 6.35. The Balaban J connectivity index is 1.16. The fourth-order valence-electron chi connectivity index (χ4n) is 6.35. The van der Waals surface area contributed by atoms with Crippen LogP contribution in [0.15, 0.2) is 42.5 Å². The normalized spacial score (nSPS) is 19.2. The Bertz CT molecular complexity index is 1430. The molecule has 0 aromatic heterocycles. The van der Waals surface area contributed by atoms with Crippen LogP contribution in [0.5, 0.6) is 11.5 Å². The van der Waals surface area contributed by atoms with Crippen molar-refractivity contribution in [2.75, 3.05) is 33.0 Å². The second-order valence-electron chi connectivity index (χ2n) is 12.3. The van der Waals surface area contributed by atoms with Crippen LogP contribution < -0.4 is 20.1 Å². The van der Waals surface area contributed by atoms with Crippen LogP contribution in [0.2, 0.25) is 0 Å². The van der Waals surface area contributed by atoms with E-state index < -0.39 is 10.8 Å². The van der Waals surface area contributed by atoms with Crippen molar-refractivity contribution in [2.45, 2.75) is 75.8 Å². The van der Waals surface area contributed by atoms with Crippen LogP contribution in [0.4, 0.5) is 9.59 Å². The van der Waals surface area contributed by atoms with E-state index in [1.54, 1.807) is 9.80 Å². The first kappa shape index (κ1) is 30.0. The number of carbonyl (C=O) groups excluding carboxylic acids is 2. The molecule has 0 radical (unpaired) electrons. The lowest BCUT2D eigenvalue weighted by atomic mass is 9.73. The quantitative estimate of drug-likeness (QED) is 0.511. The summed E-state index contributed by atoms with van der Waals surface area (Å²) in [5, 5.41) is 26.4. The zero-order chi connectivity index (χ0) is 30.6. The summed E-state index contributed by atoms with van der Waals surface area (Å²) >= 11 is 0. The molecule has 43 heavy (non-hydrogen) atoms. The molecule has 5 rings (SSSR count). The molecule has 1 unspecified atom stereocenters. The number of nitrogens with zero attached hydrogens (tertiary/aromatic N) is 4. The van der Waals surface area contributed by atoms with E-state index in [0.717, 1.165) is 16.7 Å². The third kappa shape index (κ3) is 6.34. The molecule has 2 aromatic rings. The predicted molar refractivity (Wildman–Crippen MR) is 161 cm³/mol. The smallest absolute Gasteiger partial charge is 0.317 e. The number of ether oxygens (including phenoxy) is 2. The fraction of sp³-hybridized carbons (Fsp3) is 0.515. The Kier molecular flexibility index (Phi) is 8.68. The van der Waals surface area contributed by atoms with Crippen molar-refractivity contribution < 1.29 is 19.1 Å². The molecule has 2 saturated heterocycles. The van der Waals surface area contributed by atoms with Crippen LogP contribution >= 0.6 is 0 Å². The summed E-state index contributed by atoms with van der Waals surface area (Å²) in [6.45, 7) is 8.05. The summed E-state index contributed by atoms with van der Waals surface area (Å²) in [6, 6.07) is 18.5. The molecule has 3 heterocycles. The van der Waals surface area contributed by atoms with E-state index >= 15 is 0 Å². The number of urea groups is 2. The van der Waals surface area contributed by atoms with Gasteiger partial charge in [0, 0.05) is 38.3 Å². The molecule has 0 spiro atoms. The number of nitriles is 2. The van der Waals surface area contributed by atoms with Crippen LogP contribution in [-0.4, -0.2) is 66.9 Å². The highest BCUT2D eigenvalue weighted by Crippen LogP contribution is 2.41. The largest absolute Gasteiger partial charge is 0.454 e. The van der Waals surface area contributed by atoms with Gasteiger partial charge in [0.2, 0.25) is 6.79 Å². The summed E-state index contributed by atoms with van der Waals surface area (Å²) in [6.07, 6.45) is 2.86. The Morgan fingerprint density at radius 3 is 1.95 bits per heavy atom. The molecule has 0 saturated carbocycles. The van der Waals surface area contributed by atoms with Gasteiger partial charge in [0.1, 0.15) is 0 Å². The van der Waals surface area contributed by atoms with Crippen LogP contribution in [0.1, 0.15) is 63.1 Å². The van der Waals surface area contributed by atoms with Crippen molar-refractivity contribution in [3.8, 4) is 23.6 Å². The lowest BCUT2D eigenvalue weighted by Crippen LogP contribution is -2.50. The SMILES string of the molecule is CC(C)NC(=O)N1CCC(C#N)(c2cccc(CC(C)NC(=O)N3CCC(C#N)(c4ccc5c(c4)OCO5)CC3)c2)CC1. The van der Waals surface area contributed by atoms with Gasteiger partial charge in [-0.25, -0.2) is 9.59 Å². The number of nitrogens with one attached hydrogen (secondary N) is 2. The molecule has 2 fully saturated rings. The van der Waals surface area contributed by atoms with Crippen molar-refractivity contribution in [1.82, 2.24) is 20.4 Å². The highest BCUT2D eigenvalue weighted by atomic mass is 16.7. The monoisotopic (exact) mass is 584 g/mol. The van der Waals surface area contributed by atoms with Gasteiger partial charge in [0.15, 0.2) is 11.5 Å². The molecule has 10 nitrogen and oxygen atoms in total. The van der Waals surface area contributed by atoms with Gasteiger partial charge in [0.25, 0.3) is 0 Å². The number of benzene rings is 2. The maximum absolute atomic E-state index is 13.2. The van der Waals surface area contributed by atoms with Crippen LogP contribution in [0.25, 0.3) is 0 Å². The average Bonchev–Trinajstić information content (AvgIpc) is 3.49. The van der Waals surface area contributed by atoms with Crippen molar-refractivity contribution in [1.29, 1.82) is 10.5 Å². The van der Waals surface area contributed by atoms with Crippen LogP contribution in [0, 0.1) is 22.7 Å². The number of hydrogen-bond acceptors (Lipinski definition) is 6. The summed E-state index contributed by atoms with van der Waals surface area (Å²) in [7, 11) is 0. The maximum atomic E-state index is 13.2. The third-order valence-corrected chi connectivity index (χ3v) is 8.97. The molecule has 3 aliphatic rings. The van der Waals surface area contributed by atoms with E-state index in [1.807, 2.05) is 57.2 Å². The Hall–Kier alpha value is -4.44. The second-order valence-corrected chi connectivity index (χ2v) is 12.3. The van der Waals surface area contributed by atoms with E-state index in [2.05, 4.69) is 28.8 Å². The third-order valence-electron chi connectivity index (χ3n) is 8.97. The number of carbonyl (C=O) groups is 2. The van der Waals surface area contributed by atoms with Gasteiger partial charge in [-0.15, -0.1) is 0 Å². The van der Waals surface area contributed by atoms with Crippen molar-refractivity contribution in [3.63, 3.8) is 0 Å². The molecule has 4 amide bonds. The summed E-state index contributed by atoms with van der Waals surface area (Å²) in [5.41, 5.74) is 1.59. The van der Waals surface area contributed by atoms with Gasteiger partial charge in [-0.2, -0.15) is 10.5 Å². The first-order chi connectivity index (χ1) is 20.7. The molecule has 2 N–H and O–H groups in total.